The Hall–Kier alpha value is -2.65. The molecule has 0 saturated carbocycles. The molecule has 0 bridgehead atoms. The Bertz CT molecular complexity index is 602. The molecule has 2 rings (SSSR count). The van der Waals surface area contributed by atoms with Crippen molar-refractivity contribution in [2.45, 2.75) is 0 Å². The van der Waals surface area contributed by atoms with Gasteiger partial charge in [0.25, 0.3) is 0 Å². The van der Waals surface area contributed by atoms with Gasteiger partial charge in [-0.05, 0) is 24.3 Å². The molecule has 20 heavy (non-hydrogen) atoms. The fraction of sp³-hybridized carbons (Fsp3) is 0.214. The van der Waals surface area contributed by atoms with Crippen LogP contribution in [0.1, 0.15) is 5.56 Å². The molecular weight excluding hydrogens is 252 g/mol. The summed E-state index contributed by atoms with van der Waals surface area (Å²) in [6, 6.07) is 11.1. The Kier molecular flexibility index (Phi) is 4.47. The number of hydrogen-bond donors (Lipinski definition) is 2. The summed E-state index contributed by atoms with van der Waals surface area (Å²) in [6.07, 6.45) is 1.51. The summed E-state index contributed by atoms with van der Waals surface area (Å²) < 4.78 is 0. The topological polar surface area (TPSA) is 90.9 Å². The van der Waals surface area contributed by atoms with Crippen LogP contribution >= 0.6 is 0 Å². The van der Waals surface area contributed by atoms with Crippen LogP contribution in [-0.4, -0.2) is 30.1 Å². The van der Waals surface area contributed by atoms with Crippen molar-refractivity contribution in [3.8, 4) is 6.07 Å². The van der Waals surface area contributed by atoms with Gasteiger partial charge in [-0.2, -0.15) is 5.26 Å². The number of aromatic nitrogens is 2. The highest BCUT2D eigenvalue weighted by atomic mass is 15.2. The van der Waals surface area contributed by atoms with E-state index in [9.17, 15) is 0 Å². The van der Waals surface area contributed by atoms with Crippen LogP contribution in [0.2, 0.25) is 0 Å². The van der Waals surface area contributed by atoms with Gasteiger partial charge in [-0.3, -0.25) is 0 Å². The van der Waals surface area contributed by atoms with E-state index in [1.165, 1.54) is 6.33 Å². The summed E-state index contributed by atoms with van der Waals surface area (Å²) in [5.74, 6) is 1.50. The average Bonchev–Trinajstić information content (AvgIpc) is 2.48. The molecule has 0 unspecified atom stereocenters. The molecule has 0 saturated heterocycles. The van der Waals surface area contributed by atoms with E-state index in [0.717, 1.165) is 18.1 Å². The number of likely N-dealkylation sites (N-methyl/N-ethyl adjacent to an activating group) is 1. The van der Waals surface area contributed by atoms with Crippen LogP contribution in [0.4, 0.5) is 17.3 Å². The number of benzene rings is 1. The molecule has 3 N–H and O–H groups in total. The lowest BCUT2D eigenvalue weighted by Gasteiger charge is -2.17. The number of anilines is 3. The summed E-state index contributed by atoms with van der Waals surface area (Å²) in [7, 11) is 1.93. The zero-order valence-electron chi connectivity index (χ0n) is 11.2. The third kappa shape index (κ3) is 3.43. The van der Waals surface area contributed by atoms with Gasteiger partial charge in [-0.25, -0.2) is 9.97 Å². The molecule has 6 heteroatoms. The molecule has 0 aliphatic carbocycles. The number of nitrogens with one attached hydrogen (secondary N) is 1. The minimum absolute atomic E-state index is 0.568. The Balaban J connectivity index is 2.12. The van der Waals surface area contributed by atoms with E-state index < -0.39 is 0 Å². The van der Waals surface area contributed by atoms with Gasteiger partial charge in [0.05, 0.1) is 11.6 Å². The minimum Gasteiger partial charge on any atom is -0.358 e. The van der Waals surface area contributed by atoms with Crippen LogP contribution < -0.4 is 16.0 Å². The van der Waals surface area contributed by atoms with Gasteiger partial charge in [-0.15, -0.1) is 0 Å². The van der Waals surface area contributed by atoms with Gasteiger partial charge < -0.3 is 16.0 Å². The SMILES string of the molecule is CN(CCN)c1cc(Nc2ccc(C#N)cc2)ncn1. The average molecular weight is 268 g/mol. The fourth-order valence-electron chi connectivity index (χ4n) is 1.71. The molecule has 102 valence electrons. The fourth-order valence-corrected chi connectivity index (χ4v) is 1.71. The zero-order chi connectivity index (χ0) is 14.4. The van der Waals surface area contributed by atoms with E-state index in [0.29, 0.717) is 17.9 Å². The molecule has 1 aromatic heterocycles. The molecule has 0 atom stereocenters. The maximum atomic E-state index is 8.76. The Labute approximate surface area is 117 Å². The normalized spacial score (nSPS) is 9.85. The first kappa shape index (κ1) is 13.8. The first-order valence-electron chi connectivity index (χ1n) is 6.23. The predicted molar refractivity (Wildman–Crippen MR) is 78.8 cm³/mol. The van der Waals surface area contributed by atoms with Crippen molar-refractivity contribution in [2.24, 2.45) is 5.73 Å². The Morgan fingerprint density at radius 2 is 2.05 bits per heavy atom. The highest BCUT2D eigenvalue weighted by molar-refractivity contribution is 5.60. The van der Waals surface area contributed by atoms with Crippen molar-refractivity contribution in [2.75, 3.05) is 30.4 Å². The second kappa shape index (κ2) is 6.50. The van der Waals surface area contributed by atoms with Crippen molar-refractivity contribution >= 4 is 17.3 Å². The molecule has 0 fully saturated rings. The highest BCUT2D eigenvalue weighted by Gasteiger charge is 2.04. The number of nitriles is 1. The van der Waals surface area contributed by atoms with E-state index in [1.807, 2.05) is 30.1 Å². The van der Waals surface area contributed by atoms with Crippen molar-refractivity contribution in [3.63, 3.8) is 0 Å². The first-order chi connectivity index (χ1) is 9.72. The number of hydrogen-bond acceptors (Lipinski definition) is 6. The summed E-state index contributed by atoms with van der Waals surface area (Å²) in [5, 5.41) is 11.9. The van der Waals surface area contributed by atoms with Gasteiger partial charge in [0.15, 0.2) is 0 Å². The standard InChI is InChI=1S/C14H16N6/c1-20(7-6-15)14-8-13(17-10-18-14)19-12-4-2-11(9-16)3-5-12/h2-5,8,10H,6-7,15H2,1H3,(H,17,18,19). The molecule has 2 aromatic rings. The van der Waals surface area contributed by atoms with Gasteiger partial charge in [0.1, 0.15) is 18.0 Å². The van der Waals surface area contributed by atoms with Crippen molar-refractivity contribution in [1.82, 2.24) is 9.97 Å². The summed E-state index contributed by atoms with van der Waals surface area (Å²) in [4.78, 5) is 10.3. The minimum atomic E-state index is 0.568. The second-order valence-electron chi connectivity index (χ2n) is 4.29. The maximum Gasteiger partial charge on any atom is 0.135 e. The molecule has 1 heterocycles. The molecule has 0 spiro atoms. The maximum absolute atomic E-state index is 8.76. The number of nitrogens with zero attached hydrogens (tertiary/aromatic N) is 4. The summed E-state index contributed by atoms with van der Waals surface area (Å²) in [6.45, 7) is 1.30. The second-order valence-corrected chi connectivity index (χ2v) is 4.29. The lowest BCUT2D eigenvalue weighted by Crippen LogP contribution is -2.25. The lowest BCUT2D eigenvalue weighted by molar-refractivity contribution is 0.864. The van der Waals surface area contributed by atoms with Crippen LogP contribution in [0.25, 0.3) is 0 Å². The Morgan fingerprint density at radius 3 is 2.70 bits per heavy atom. The van der Waals surface area contributed by atoms with E-state index in [4.69, 9.17) is 11.0 Å². The van der Waals surface area contributed by atoms with Crippen molar-refractivity contribution in [1.29, 1.82) is 5.26 Å². The largest absolute Gasteiger partial charge is 0.358 e. The van der Waals surface area contributed by atoms with E-state index in [1.54, 1.807) is 12.1 Å². The molecule has 6 nitrogen and oxygen atoms in total. The molecule has 1 aromatic carbocycles. The van der Waals surface area contributed by atoms with E-state index in [-0.39, 0.29) is 0 Å². The van der Waals surface area contributed by atoms with Gasteiger partial charge >= 0.3 is 0 Å². The smallest absolute Gasteiger partial charge is 0.135 e. The quantitative estimate of drug-likeness (QED) is 0.853. The number of nitrogens with two attached hydrogens (primary N) is 1. The van der Waals surface area contributed by atoms with Gasteiger partial charge in [-0.1, -0.05) is 0 Å². The van der Waals surface area contributed by atoms with Crippen molar-refractivity contribution < 1.29 is 0 Å². The lowest BCUT2D eigenvalue weighted by atomic mass is 10.2. The number of rotatable bonds is 5. The molecule has 0 radical (unpaired) electrons. The molecule has 0 amide bonds. The first-order valence-corrected chi connectivity index (χ1v) is 6.23. The highest BCUT2D eigenvalue weighted by Crippen LogP contribution is 2.18. The monoisotopic (exact) mass is 268 g/mol. The van der Waals surface area contributed by atoms with E-state index >= 15 is 0 Å². The third-order valence-corrected chi connectivity index (χ3v) is 2.79. The van der Waals surface area contributed by atoms with Crippen LogP contribution in [0.5, 0.6) is 0 Å². The summed E-state index contributed by atoms with van der Waals surface area (Å²) >= 11 is 0. The van der Waals surface area contributed by atoms with Crippen molar-refractivity contribution in [3.05, 3.63) is 42.2 Å². The predicted octanol–water partition coefficient (Wildman–Crippen LogP) is 1.49. The third-order valence-electron chi connectivity index (χ3n) is 2.79. The van der Waals surface area contributed by atoms with Gasteiger partial charge in [0, 0.05) is 31.9 Å². The van der Waals surface area contributed by atoms with Gasteiger partial charge in [0.2, 0.25) is 0 Å². The molecular formula is C14H16N6. The molecule has 0 aliphatic heterocycles. The molecule has 0 aliphatic rings. The van der Waals surface area contributed by atoms with Crippen LogP contribution in [0, 0.1) is 11.3 Å². The van der Waals surface area contributed by atoms with E-state index in [2.05, 4.69) is 21.4 Å². The Morgan fingerprint density at radius 1 is 1.30 bits per heavy atom. The van der Waals surface area contributed by atoms with Crippen LogP contribution in [0.15, 0.2) is 36.7 Å². The van der Waals surface area contributed by atoms with Crippen LogP contribution in [0.3, 0.4) is 0 Å². The van der Waals surface area contributed by atoms with Crippen LogP contribution in [-0.2, 0) is 0 Å². The zero-order valence-corrected chi connectivity index (χ0v) is 11.2. The summed E-state index contributed by atoms with van der Waals surface area (Å²) in [5.41, 5.74) is 7.03.